The normalized spacial score (nSPS) is 25.8. The van der Waals surface area contributed by atoms with Crippen LogP contribution in [0, 0.1) is 0 Å². The Labute approximate surface area is 173 Å². The monoisotopic (exact) mass is 433 g/mol. The first-order valence-electron chi connectivity index (χ1n) is 7.34. The number of aliphatic imine (C=N–C) groups is 1. The molecule has 1 rings (SSSR count). The summed E-state index contributed by atoms with van der Waals surface area (Å²) in [6, 6.07) is -0.784. The molecule has 0 bridgehead atoms. The van der Waals surface area contributed by atoms with Crippen molar-refractivity contribution >= 4 is 68.0 Å². The van der Waals surface area contributed by atoms with Crippen LogP contribution < -0.4 is 11.1 Å². The molecule has 0 aromatic rings. The van der Waals surface area contributed by atoms with Gasteiger partial charge in [0, 0.05) is 0 Å². The number of ether oxygens (including phenoxy) is 4. The summed E-state index contributed by atoms with van der Waals surface area (Å²) in [5, 5.41) is 2.38. The van der Waals surface area contributed by atoms with Gasteiger partial charge < -0.3 is 0 Å². The molecule has 0 aromatic carbocycles. The molecule has 0 spiro atoms. The molecule has 25 heavy (non-hydrogen) atoms. The summed E-state index contributed by atoms with van der Waals surface area (Å²) in [5.41, 5.74) is 5.41. The number of nitrogens with one attached hydrogen (secondary N) is 1. The fourth-order valence-electron chi connectivity index (χ4n) is 2.15. The number of amides is 2. The molecule has 136 valence electrons. The predicted octanol–water partition coefficient (Wildman–Crippen LogP) is -1.94. The molecular formula is C13H19N3O8Sr. The van der Waals surface area contributed by atoms with Gasteiger partial charge in [0.05, 0.1) is 0 Å². The summed E-state index contributed by atoms with van der Waals surface area (Å²) >= 11 is -0.144. The topological polar surface area (TPSA) is 156 Å². The standard InChI is InChI=1S/C13H18N3O8.Sr.H/c1-6(17)21-4-9-10(22-7(2)18)11(23-8(3)19)12(24-9)16-13(20)15-5-14;;/h9-12H,4H2,1-3H3,(H3,14,15,16,20);;/t9-,10+,11?,12+;;/m1../s1. The van der Waals surface area contributed by atoms with Crippen molar-refractivity contribution < 1.29 is 38.1 Å². The molecule has 4 atom stereocenters. The number of carbonyl (C=O) groups is 4. The number of carbonyl (C=O) groups excluding carboxylic acids is 4. The first kappa shape index (κ1) is 21.8. The van der Waals surface area contributed by atoms with Crippen LogP contribution in [0.5, 0.6) is 0 Å². The number of amidine groups is 1. The Bertz CT molecular complexity index is 578. The van der Waals surface area contributed by atoms with Crippen LogP contribution in [0.15, 0.2) is 4.99 Å². The van der Waals surface area contributed by atoms with Crippen LogP contribution in [0.2, 0.25) is 0 Å². The van der Waals surface area contributed by atoms with Crippen molar-refractivity contribution in [1.29, 1.82) is 0 Å². The summed E-state index contributed by atoms with van der Waals surface area (Å²) in [6.07, 6.45) is -4.31. The average molecular weight is 433 g/mol. The van der Waals surface area contributed by atoms with Gasteiger partial charge in [0.2, 0.25) is 0 Å². The molecule has 2 amide bonds. The number of esters is 3. The van der Waals surface area contributed by atoms with Crippen molar-refractivity contribution in [3.05, 3.63) is 0 Å². The number of nitrogens with zero attached hydrogens (tertiary/aromatic N) is 1. The van der Waals surface area contributed by atoms with Gasteiger partial charge in [0.15, 0.2) is 0 Å². The third kappa shape index (κ3) is 7.69. The second-order valence-corrected chi connectivity index (χ2v) is 7.77. The minimum absolute atomic E-state index is 0.144. The van der Waals surface area contributed by atoms with Crippen molar-refractivity contribution in [3.8, 4) is 0 Å². The van der Waals surface area contributed by atoms with E-state index in [1.165, 1.54) is 6.92 Å². The zero-order valence-corrected chi connectivity index (χ0v) is 19.2. The predicted molar refractivity (Wildman–Crippen MR) is 83.7 cm³/mol. The van der Waals surface area contributed by atoms with Crippen LogP contribution in [0.3, 0.4) is 0 Å². The maximum atomic E-state index is 11.8. The van der Waals surface area contributed by atoms with Crippen molar-refractivity contribution in [2.75, 3.05) is 6.61 Å². The first-order valence-corrected chi connectivity index (χ1v) is 9.80. The zero-order valence-electron chi connectivity index (χ0n) is 14.3. The number of nitrogens with two attached hydrogens (primary N) is 1. The van der Waals surface area contributed by atoms with Crippen LogP contribution >= 0.6 is 0 Å². The molecular weight excluding hydrogens is 414 g/mol. The van der Waals surface area contributed by atoms with E-state index in [2.05, 4.69) is 10.3 Å². The Morgan fingerprint density at radius 3 is 2.12 bits per heavy atom. The summed E-state index contributed by atoms with van der Waals surface area (Å²) in [5.74, 6) is -1.90. The fraction of sp³-hybridized carbons (Fsp3) is 0.615. The van der Waals surface area contributed by atoms with Crippen LogP contribution in [0.4, 0.5) is 4.79 Å². The summed E-state index contributed by atoms with van der Waals surface area (Å²) in [4.78, 5) is 49.1. The number of rotatable bonds is 5. The van der Waals surface area contributed by atoms with E-state index in [-0.39, 0.29) is 50.7 Å². The van der Waals surface area contributed by atoms with E-state index in [0.717, 1.165) is 13.8 Å². The Morgan fingerprint density at radius 1 is 1.08 bits per heavy atom. The van der Waals surface area contributed by atoms with Crippen molar-refractivity contribution in [1.82, 2.24) is 5.32 Å². The van der Waals surface area contributed by atoms with E-state index >= 15 is 0 Å². The Kier molecular flexibility index (Phi) is 8.79. The van der Waals surface area contributed by atoms with Gasteiger partial charge in [-0.2, -0.15) is 0 Å². The van der Waals surface area contributed by atoms with Gasteiger partial charge in [-0.3, -0.25) is 0 Å². The second-order valence-electron chi connectivity index (χ2n) is 5.25. The Hall–Kier alpha value is -1.21. The third-order valence-electron chi connectivity index (χ3n) is 2.91. The number of hydrogen-bond donors (Lipinski definition) is 2. The van der Waals surface area contributed by atoms with E-state index < -0.39 is 48.5 Å². The SMILES string of the molecule is CC(=O)OC[C@H]1O[C@H](NC(=O)/N=[C](\N)[SrH])C(OC(C)=O)[C@H]1OC(C)=O. The summed E-state index contributed by atoms with van der Waals surface area (Å²) in [6.45, 7) is 3.25. The van der Waals surface area contributed by atoms with Crippen molar-refractivity contribution in [2.45, 2.75) is 45.3 Å². The molecule has 1 saturated heterocycles. The van der Waals surface area contributed by atoms with E-state index in [1.807, 2.05) is 0 Å². The Morgan fingerprint density at radius 2 is 1.64 bits per heavy atom. The Balaban J connectivity index is 3.00. The van der Waals surface area contributed by atoms with Crippen molar-refractivity contribution in [2.24, 2.45) is 10.7 Å². The van der Waals surface area contributed by atoms with E-state index in [4.69, 9.17) is 24.7 Å². The molecule has 12 heteroatoms. The summed E-state index contributed by atoms with van der Waals surface area (Å²) in [7, 11) is 0. The second kappa shape index (κ2) is 10.1. The quantitative estimate of drug-likeness (QED) is 0.166. The molecule has 1 aliphatic heterocycles. The van der Waals surface area contributed by atoms with E-state index in [0.29, 0.717) is 0 Å². The zero-order chi connectivity index (χ0) is 19.1. The first-order chi connectivity index (χ1) is 11.6. The van der Waals surface area contributed by atoms with E-state index in [1.54, 1.807) is 0 Å². The van der Waals surface area contributed by atoms with Gasteiger partial charge in [0.1, 0.15) is 0 Å². The maximum absolute atomic E-state index is 11.8. The van der Waals surface area contributed by atoms with Crippen LogP contribution in [-0.2, 0) is 33.3 Å². The van der Waals surface area contributed by atoms with Gasteiger partial charge in [-0.25, -0.2) is 0 Å². The van der Waals surface area contributed by atoms with Crippen LogP contribution in [-0.4, -0.2) is 99.1 Å². The molecule has 3 N–H and O–H groups in total. The molecule has 1 aliphatic rings. The number of urea groups is 1. The molecule has 11 nitrogen and oxygen atoms in total. The van der Waals surface area contributed by atoms with Gasteiger partial charge in [0.25, 0.3) is 0 Å². The van der Waals surface area contributed by atoms with Gasteiger partial charge >= 0.3 is 174 Å². The molecule has 1 unspecified atom stereocenters. The average Bonchev–Trinajstić information content (AvgIpc) is 2.72. The molecule has 0 saturated carbocycles. The molecule has 0 radical (unpaired) electrons. The fourth-order valence-corrected chi connectivity index (χ4v) is 2.65. The molecule has 0 aromatic heterocycles. The van der Waals surface area contributed by atoms with E-state index in [9.17, 15) is 19.2 Å². The minimum atomic E-state index is -1.15. The van der Waals surface area contributed by atoms with Gasteiger partial charge in [-0.15, -0.1) is 0 Å². The van der Waals surface area contributed by atoms with Crippen molar-refractivity contribution in [3.63, 3.8) is 0 Å². The number of hydrogen-bond acceptors (Lipinski definition) is 8. The third-order valence-corrected chi connectivity index (χ3v) is 3.46. The van der Waals surface area contributed by atoms with Crippen LogP contribution in [0.25, 0.3) is 0 Å². The molecule has 0 aliphatic carbocycles. The summed E-state index contributed by atoms with van der Waals surface area (Å²) < 4.78 is 20.9. The molecule has 1 heterocycles. The molecule has 1 fully saturated rings. The van der Waals surface area contributed by atoms with Gasteiger partial charge in [-0.05, 0) is 0 Å². The van der Waals surface area contributed by atoms with Gasteiger partial charge in [-0.1, -0.05) is 0 Å². The van der Waals surface area contributed by atoms with Crippen LogP contribution in [0.1, 0.15) is 20.8 Å².